The smallest absolute Gasteiger partial charge is 0.160 e. The summed E-state index contributed by atoms with van der Waals surface area (Å²) in [5.41, 5.74) is 3.10. The lowest BCUT2D eigenvalue weighted by Crippen LogP contribution is -2.28. The molecule has 2 aromatic heterocycles. The van der Waals surface area contributed by atoms with Crippen LogP contribution in [0.3, 0.4) is 0 Å². The first-order valence-electron chi connectivity index (χ1n) is 7.77. The van der Waals surface area contributed by atoms with Gasteiger partial charge in [0.05, 0.1) is 5.38 Å². The highest BCUT2D eigenvalue weighted by Gasteiger charge is 2.23. The average molecular weight is 307 g/mol. The number of rotatable bonds is 4. The maximum Gasteiger partial charge on any atom is 0.160 e. The number of aromatic nitrogens is 3. The standard InChI is InChI=1S/C16H23ClN4/c1-11-6-7-18-16-14(11)19-15(13(3)17)21(16)12(2)10-20-8-4-5-9-20/h6-7,12-13H,4-5,8-10H2,1-3H3. The van der Waals surface area contributed by atoms with Crippen molar-refractivity contribution in [1.82, 2.24) is 19.4 Å². The van der Waals surface area contributed by atoms with Crippen LogP contribution in [0.15, 0.2) is 12.3 Å². The summed E-state index contributed by atoms with van der Waals surface area (Å²) in [5.74, 6) is 0.931. The van der Waals surface area contributed by atoms with Gasteiger partial charge in [-0.3, -0.25) is 0 Å². The Hall–Kier alpha value is -1.13. The fourth-order valence-electron chi connectivity index (χ4n) is 3.26. The molecule has 0 amide bonds. The van der Waals surface area contributed by atoms with E-state index in [1.807, 2.05) is 19.2 Å². The predicted molar refractivity (Wildman–Crippen MR) is 86.9 cm³/mol. The quantitative estimate of drug-likeness (QED) is 0.808. The molecule has 0 radical (unpaired) electrons. The van der Waals surface area contributed by atoms with Gasteiger partial charge in [0.1, 0.15) is 11.3 Å². The van der Waals surface area contributed by atoms with Crippen LogP contribution in [0.4, 0.5) is 0 Å². The lowest BCUT2D eigenvalue weighted by molar-refractivity contribution is 0.287. The third-order valence-electron chi connectivity index (χ3n) is 4.33. The van der Waals surface area contributed by atoms with E-state index in [9.17, 15) is 0 Å². The van der Waals surface area contributed by atoms with E-state index in [1.54, 1.807) is 0 Å². The summed E-state index contributed by atoms with van der Waals surface area (Å²) in [6.07, 6.45) is 4.49. The van der Waals surface area contributed by atoms with E-state index in [0.717, 1.165) is 29.1 Å². The molecule has 4 nitrogen and oxygen atoms in total. The van der Waals surface area contributed by atoms with E-state index in [0.29, 0.717) is 6.04 Å². The Kier molecular flexibility index (Phi) is 4.18. The number of fused-ring (bicyclic) bond motifs is 1. The van der Waals surface area contributed by atoms with Gasteiger partial charge < -0.3 is 9.47 Å². The second-order valence-electron chi connectivity index (χ2n) is 6.11. The number of aryl methyl sites for hydroxylation is 1. The summed E-state index contributed by atoms with van der Waals surface area (Å²) in [6.45, 7) is 9.75. The van der Waals surface area contributed by atoms with Crippen LogP contribution < -0.4 is 0 Å². The molecule has 0 saturated carbocycles. The van der Waals surface area contributed by atoms with Crippen molar-refractivity contribution < 1.29 is 0 Å². The van der Waals surface area contributed by atoms with Crippen molar-refractivity contribution in [2.75, 3.05) is 19.6 Å². The molecule has 1 fully saturated rings. The van der Waals surface area contributed by atoms with Gasteiger partial charge in [-0.25, -0.2) is 9.97 Å². The van der Waals surface area contributed by atoms with Gasteiger partial charge in [0.15, 0.2) is 5.65 Å². The minimum absolute atomic E-state index is 0.111. The largest absolute Gasteiger partial charge is 0.307 e. The number of halogens is 1. The number of nitrogens with zero attached hydrogens (tertiary/aromatic N) is 4. The second kappa shape index (κ2) is 5.93. The van der Waals surface area contributed by atoms with Crippen molar-refractivity contribution in [1.29, 1.82) is 0 Å². The molecule has 3 rings (SSSR count). The number of imidazole rings is 1. The van der Waals surface area contributed by atoms with Crippen molar-refractivity contribution in [2.24, 2.45) is 0 Å². The Morgan fingerprint density at radius 3 is 2.67 bits per heavy atom. The van der Waals surface area contributed by atoms with Crippen LogP contribution in [-0.4, -0.2) is 39.1 Å². The first-order chi connectivity index (χ1) is 10.1. The highest BCUT2D eigenvalue weighted by molar-refractivity contribution is 6.20. The number of hydrogen-bond donors (Lipinski definition) is 0. The molecule has 1 saturated heterocycles. The van der Waals surface area contributed by atoms with Crippen molar-refractivity contribution in [2.45, 2.75) is 45.0 Å². The van der Waals surface area contributed by atoms with Crippen LogP contribution in [0.2, 0.25) is 0 Å². The Morgan fingerprint density at radius 2 is 2.00 bits per heavy atom. The van der Waals surface area contributed by atoms with Crippen LogP contribution in [0.25, 0.3) is 11.2 Å². The van der Waals surface area contributed by atoms with Crippen molar-refractivity contribution in [3.05, 3.63) is 23.7 Å². The summed E-state index contributed by atoms with van der Waals surface area (Å²) in [7, 11) is 0. The SMILES string of the molecule is Cc1ccnc2c1nc(C(C)Cl)n2C(C)CN1CCCC1. The number of likely N-dealkylation sites (tertiary alicyclic amines) is 1. The zero-order valence-corrected chi connectivity index (χ0v) is 13.8. The number of pyridine rings is 1. The molecule has 2 unspecified atom stereocenters. The Morgan fingerprint density at radius 1 is 1.29 bits per heavy atom. The van der Waals surface area contributed by atoms with Crippen LogP contribution in [0.5, 0.6) is 0 Å². The molecule has 1 aliphatic rings. The zero-order valence-electron chi connectivity index (χ0n) is 13.0. The van der Waals surface area contributed by atoms with Crippen molar-refractivity contribution >= 4 is 22.8 Å². The van der Waals surface area contributed by atoms with E-state index in [4.69, 9.17) is 16.6 Å². The van der Waals surface area contributed by atoms with E-state index in [-0.39, 0.29) is 5.38 Å². The summed E-state index contributed by atoms with van der Waals surface area (Å²) in [6, 6.07) is 2.34. The van der Waals surface area contributed by atoms with Gasteiger partial charge in [-0.1, -0.05) is 0 Å². The summed E-state index contributed by atoms with van der Waals surface area (Å²) >= 11 is 6.37. The molecule has 2 aromatic rings. The molecule has 0 aliphatic carbocycles. The maximum absolute atomic E-state index is 6.37. The van der Waals surface area contributed by atoms with E-state index in [1.165, 1.54) is 25.9 Å². The topological polar surface area (TPSA) is 34.0 Å². The van der Waals surface area contributed by atoms with Gasteiger partial charge in [-0.2, -0.15) is 0 Å². The van der Waals surface area contributed by atoms with Crippen LogP contribution >= 0.6 is 11.6 Å². The van der Waals surface area contributed by atoms with Gasteiger partial charge in [-0.15, -0.1) is 11.6 Å². The molecule has 5 heteroatoms. The van der Waals surface area contributed by atoms with Gasteiger partial charge in [-0.05, 0) is 58.3 Å². The predicted octanol–water partition coefficient (Wildman–Crippen LogP) is 3.70. The third-order valence-corrected chi connectivity index (χ3v) is 4.52. The minimum atomic E-state index is -0.111. The van der Waals surface area contributed by atoms with Gasteiger partial charge in [0.2, 0.25) is 0 Å². The Balaban J connectivity index is 2.02. The molecule has 0 aromatic carbocycles. The van der Waals surface area contributed by atoms with Gasteiger partial charge >= 0.3 is 0 Å². The third kappa shape index (κ3) is 2.79. The lowest BCUT2D eigenvalue weighted by Gasteiger charge is -2.23. The molecule has 3 heterocycles. The maximum atomic E-state index is 6.37. The second-order valence-corrected chi connectivity index (χ2v) is 6.77. The van der Waals surface area contributed by atoms with Crippen molar-refractivity contribution in [3.63, 3.8) is 0 Å². The molecule has 0 spiro atoms. The first-order valence-corrected chi connectivity index (χ1v) is 8.21. The molecule has 0 bridgehead atoms. The minimum Gasteiger partial charge on any atom is -0.307 e. The van der Waals surface area contributed by atoms with Crippen LogP contribution in [0.1, 0.15) is 49.5 Å². The van der Waals surface area contributed by atoms with Gasteiger partial charge in [0, 0.05) is 18.8 Å². The number of alkyl halides is 1. The fourth-order valence-corrected chi connectivity index (χ4v) is 3.42. The highest BCUT2D eigenvalue weighted by Crippen LogP contribution is 2.29. The first kappa shape index (κ1) is 14.8. The summed E-state index contributed by atoms with van der Waals surface area (Å²) in [5, 5.41) is -0.111. The molecule has 2 atom stereocenters. The molecular weight excluding hydrogens is 284 g/mol. The lowest BCUT2D eigenvalue weighted by atomic mass is 10.2. The fraction of sp³-hybridized carbons (Fsp3) is 0.625. The van der Waals surface area contributed by atoms with E-state index in [2.05, 4.69) is 28.3 Å². The average Bonchev–Trinajstić information content (AvgIpc) is 3.05. The monoisotopic (exact) mass is 306 g/mol. The van der Waals surface area contributed by atoms with Crippen LogP contribution in [-0.2, 0) is 0 Å². The molecule has 114 valence electrons. The summed E-state index contributed by atoms with van der Waals surface area (Å²) < 4.78 is 2.23. The molecule has 21 heavy (non-hydrogen) atoms. The number of hydrogen-bond acceptors (Lipinski definition) is 3. The summed E-state index contributed by atoms with van der Waals surface area (Å²) in [4.78, 5) is 11.8. The Bertz CT molecular complexity index is 628. The Labute approximate surface area is 131 Å². The normalized spacial score (nSPS) is 19.2. The van der Waals surface area contributed by atoms with Crippen molar-refractivity contribution in [3.8, 4) is 0 Å². The molecule has 1 aliphatic heterocycles. The van der Waals surface area contributed by atoms with E-state index >= 15 is 0 Å². The molecular formula is C16H23ClN4. The van der Waals surface area contributed by atoms with Gasteiger partial charge in [0.25, 0.3) is 0 Å². The van der Waals surface area contributed by atoms with Crippen LogP contribution in [0, 0.1) is 6.92 Å². The van der Waals surface area contributed by atoms with E-state index < -0.39 is 0 Å². The highest BCUT2D eigenvalue weighted by atomic mass is 35.5. The zero-order chi connectivity index (χ0) is 15.0. The molecule has 0 N–H and O–H groups in total.